The predicted octanol–water partition coefficient (Wildman–Crippen LogP) is 6.53. The SMILES string of the molecule is CC(C)C[C@H](NC(=O)OC(C)(C)C)[C@@H]1C[C@H]1CCO[Si](c1ccccc1)(c1ccccc1)C(C)(C)C. The highest BCUT2D eigenvalue weighted by Crippen LogP contribution is 2.46. The van der Waals surface area contributed by atoms with E-state index in [4.69, 9.17) is 9.16 Å². The molecule has 1 N–H and O–H groups in total. The van der Waals surface area contributed by atoms with Crippen LogP contribution in [0.2, 0.25) is 5.04 Å². The summed E-state index contributed by atoms with van der Waals surface area (Å²) in [7, 11) is -2.51. The van der Waals surface area contributed by atoms with E-state index in [0.29, 0.717) is 17.8 Å². The summed E-state index contributed by atoms with van der Waals surface area (Å²) in [6.07, 6.45) is 2.81. The average Bonchev–Trinajstić information content (AvgIpc) is 3.55. The molecule has 0 aromatic heterocycles. The largest absolute Gasteiger partial charge is 0.444 e. The highest BCUT2D eigenvalue weighted by atomic mass is 28.4. The quantitative estimate of drug-likeness (QED) is 0.371. The molecular weight excluding hydrogens is 462 g/mol. The van der Waals surface area contributed by atoms with E-state index in [9.17, 15) is 4.79 Å². The monoisotopic (exact) mass is 509 g/mol. The van der Waals surface area contributed by atoms with Gasteiger partial charge in [-0.25, -0.2) is 4.79 Å². The maximum absolute atomic E-state index is 12.5. The topological polar surface area (TPSA) is 47.6 Å². The normalized spacial score (nSPS) is 19.1. The second-order valence-electron chi connectivity index (χ2n) is 12.8. The second kappa shape index (κ2) is 11.5. The molecule has 3 atom stereocenters. The van der Waals surface area contributed by atoms with Crippen molar-refractivity contribution in [3.63, 3.8) is 0 Å². The van der Waals surface area contributed by atoms with Crippen molar-refractivity contribution in [2.45, 2.75) is 91.3 Å². The van der Waals surface area contributed by atoms with Crippen LogP contribution in [0, 0.1) is 17.8 Å². The molecule has 2 aromatic rings. The molecule has 0 saturated heterocycles. The number of rotatable bonds is 10. The van der Waals surface area contributed by atoms with Gasteiger partial charge in [0.05, 0.1) is 0 Å². The van der Waals surface area contributed by atoms with E-state index in [-0.39, 0.29) is 17.2 Å². The van der Waals surface area contributed by atoms with E-state index in [1.807, 2.05) is 20.8 Å². The number of carbonyl (C=O) groups excluding carboxylic acids is 1. The lowest BCUT2D eigenvalue weighted by Gasteiger charge is -2.43. The summed E-state index contributed by atoms with van der Waals surface area (Å²) < 4.78 is 12.7. The molecule has 4 nitrogen and oxygen atoms in total. The maximum atomic E-state index is 12.5. The molecule has 1 fully saturated rings. The van der Waals surface area contributed by atoms with Gasteiger partial charge in [-0.15, -0.1) is 0 Å². The zero-order valence-electron chi connectivity index (χ0n) is 23.6. The van der Waals surface area contributed by atoms with Gasteiger partial charge in [-0.2, -0.15) is 0 Å². The van der Waals surface area contributed by atoms with E-state index in [2.05, 4.69) is 101 Å². The summed E-state index contributed by atoms with van der Waals surface area (Å²) in [5, 5.41) is 5.81. The van der Waals surface area contributed by atoms with Crippen LogP contribution >= 0.6 is 0 Å². The van der Waals surface area contributed by atoms with Crippen LogP contribution < -0.4 is 15.7 Å². The fourth-order valence-corrected chi connectivity index (χ4v) is 10.1. The molecule has 1 saturated carbocycles. The molecule has 5 heteroatoms. The number of alkyl carbamates (subject to hydrolysis) is 1. The van der Waals surface area contributed by atoms with E-state index in [1.165, 1.54) is 10.4 Å². The molecule has 0 radical (unpaired) electrons. The Morgan fingerprint density at radius 2 is 1.47 bits per heavy atom. The van der Waals surface area contributed by atoms with Crippen molar-refractivity contribution >= 4 is 24.8 Å². The summed E-state index contributed by atoms with van der Waals surface area (Å²) in [6.45, 7) is 17.9. The molecule has 1 aliphatic rings. The summed E-state index contributed by atoms with van der Waals surface area (Å²) in [5.74, 6) is 1.57. The zero-order chi connectivity index (χ0) is 26.6. The predicted molar refractivity (Wildman–Crippen MR) is 152 cm³/mol. The van der Waals surface area contributed by atoms with E-state index < -0.39 is 13.9 Å². The van der Waals surface area contributed by atoms with Gasteiger partial charge in [0.2, 0.25) is 0 Å². The van der Waals surface area contributed by atoms with Crippen LogP contribution in [0.1, 0.15) is 74.7 Å². The number of ether oxygens (including phenoxy) is 1. The van der Waals surface area contributed by atoms with Crippen molar-refractivity contribution in [1.82, 2.24) is 5.32 Å². The smallest absolute Gasteiger partial charge is 0.407 e. The Morgan fingerprint density at radius 1 is 0.944 bits per heavy atom. The number of amides is 1. The van der Waals surface area contributed by atoms with Gasteiger partial charge in [0.1, 0.15) is 5.60 Å². The Labute approximate surface area is 220 Å². The van der Waals surface area contributed by atoms with Crippen LogP contribution in [0.4, 0.5) is 4.79 Å². The molecule has 36 heavy (non-hydrogen) atoms. The Balaban J connectivity index is 1.73. The van der Waals surface area contributed by atoms with E-state index in [1.54, 1.807) is 0 Å². The number of carbonyl (C=O) groups is 1. The standard InChI is InChI=1S/C31H47NO3Si/c1-23(2)21-28(32-29(33)35-30(3,4)5)27-22-24(27)19-20-34-36(31(6,7)8,25-15-11-9-12-16-25)26-17-13-10-14-18-26/h9-18,23-24,27-28H,19-22H2,1-8H3,(H,32,33)/t24-,27-,28+/m1/s1. The Bertz CT molecular complexity index is 923. The minimum atomic E-state index is -2.51. The summed E-state index contributed by atoms with van der Waals surface area (Å²) in [6, 6.07) is 21.8. The highest BCUT2D eigenvalue weighted by Gasteiger charge is 2.51. The third-order valence-corrected chi connectivity index (χ3v) is 12.2. The number of hydrogen-bond acceptors (Lipinski definition) is 3. The third kappa shape index (κ3) is 7.23. The lowest BCUT2D eigenvalue weighted by Crippen LogP contribution is -2.66. The van der Waals surface area contributed by atoms with Crippen molar-refractivity contribution in [3.8, 4) is 0 Å². The van der Waals surface area contributed by atoms with Gasteiger partial charge in [0.25, 0.3) is 8.32 Å². The van der Waals surface area contributed by atoms with Crippen LogP contribution in [0.3, 0.4) is 0 Å². The Morgan fingerprint density at radius 3 is 1.92 bits per heavy atom. The second-order valence-corrected chi connectivity index (χ2v) is 17.1. The molecule has 3 rings (SSSR count). The minimum Gasteiger partial charge on any atom is -0.444 e. The van der Waals surface area contributed by atoms with Gasteiger partial charge in [0.15, 0.2) is 0 Å². The van der Waals surface area contributed by atoms with Gasteiger partial charge < -0.3 is 14.5 Å². The highest BCUT2D eigenvalue weighted by molar-refractivity contribution is 6.99. The molecule has 0 spiro atoms. The lowest BCUT2D eigenvalue weighted by atomic mass is 9.98. The molecule has 0 aliphatic heterocycles. The van der Waals surface area contributed by atoms with Gasteiger partial charge in [-0.05, 0) is 73.2 Å². The fourth-order valence-electron chi connectivity index (χ4n) is 5.53. The molecule has 0 bridgehead atoms. The first-order valence-corrected chi connectivity index (χ1v) is 15.5. The van der Waals surface area contributed by atoms with Crippen molar-refractivity contribution < 1.29 is 14.0 Å². The Kier molecular flexibility index (Phi) is 9.10. The van der Waals surface area contributed by atoms with Crippen molar-refractivity contribution in [1.29, 1.82) is 0 Å². The van der Waals surface area contributed by atoms with Crippen LogP contribution in [0.25, 0.3) is 0 Å². The van der Waals surface area contributed by atoms with Gasteiger partial charge in [-0.1, -0.05) is 95.3 Å². The van der Waals surface area contributed by atoms with Crippen molar-refractivity contribution in [2.24, 2.45) is 17.8 Å². The molecule has 2 aromatic carbocycles. The summed E-state index contributed by atoms with van der Waals surface area (Å²) >= 11 is 0. The molecular formula is C31H47NO3Si. The first-order chi connectivity index (χ1) is 16.8. The van der Waals surface area contributed by atoms with E-state index >= 15 is 0 Å². The van der Waals surface area contributed by atoms with Gasteiger partial charge in [0, 0.05) is 12.6 Å². The first-order valence-electron chi connectivity index (χ1n) is 13.6. The number of hydrogen-bond donors (Lipinski definition) is 1. The van der Waals surface area contributed by atoms with Crippen LogP contribution in [0.5, 0.6) is 0 Å². The molecule has 1 amide bonds. The third-order valence-electron chi connectivity index (χ3n) is 7.15. The molecule has 1 aliphatic carbocycles. The van der Waals surface area contributed by atoms with Crippen molar-refractivity contribution in [2.75, 3.05) is 6.61 Å². The maximum Gasteiger partial charge on any atom is 0.407 e. The minimum absolute atomic E-state index is 0.0168. The average molecular weight is 510 g/mol. The lowest BCUT2D eigenvalue weighted by molar-refractivity contribution is 0.0489. The molecule has 0 heterocycles. The van der Waals surface area contributed by atoms with Gasteiger partial charge in [-0.3, -0.25) is 0 Å². The van der Waals surface area contributed by atoms with E-state index in [0.717, 1.165) is 25.9 Å². The van der Waals surface area contributed by atoms with Gasteiger partial charge >= 0.3 is 6.09 Å². The summed E-state index contributed by atoms with van der Waals surface area (Å²) in [4.78, 5) is 12.5. The van der Waals surface area contributed by atoms with Crippen LogP contribution in [-0.4, -0.2) is 32.7 Å². The number of nitrogens with one attached hydrogen (secondary N) is 1. The molecule has 0 unspecified atom stereocenters. The summed E-state index contributed by atoms with van der Waals surface area (Å²) in [5.41, 5.74) is -0.487. The first kappa shape index (κ1) is 28.5. The molecule has 198 valence electrons. The van der Waals surface area contributed by atoms with Crippen molar-refractivity contribution in [3.05, 3.63) is 60.7 Å². The Hall–Kier alpha value is -2.11. The fraction of sp³-hybridized carbons (Fsp3) is 0.581. The van der Waals surface area contributed by atoms with Crippen LogP contribution in [-0.2, 0) is 9.16 Å². The van der Waals surface area contributed by atoms with Crippen LogP contribution in [0.15, 0.2) is 60.7 Å². The number of benzene rings is 2. The zero-order valence-corrected chi connectivity index (χ0v) is 24.6.